The molecule has 8 nitrogen and oxygen atoms in total. The Morgan fingerprint density at radius 2 is 2.40 bits per heavy atom. The van der Waals surface area contributed by atoms with Crippen molar-refractivity contribution in [1.82, 2.24) is 20.4 Å². The van der Waals surface area contributed by atoms with Gasteiger partial charge in [0.1, 0.15) is 5.69 Å². The number of aryl methyl sites for hydroxylation is 1. The predicted molar refractivity (Wildman–Crippen MR) is 71.2 cm³/mol. The summed E-state index contributed by atoms with van der Waals surface area (Å²) >= 11 is 0. The highest BCUT2D eigenvalue weighted by Crippen LogP contribution is 2.02. The van der Waals surface area contributed by atoms with Gasteiger partial charge in [-0.15, -0.1) is 0 Å². The standard InChI is InChI=1S/C12H16N6O2/c1-8-16-11(18-20-8)3-4-14-7-9-2-5-15-10(6-9)12(13)17-19/h2,5-6,14,19H,3-4,7H2,1H3,(H2,13,17). The van der Waals surface area contributed by atoms with Gasteiger partial charge in [0.25, 0.3) is 0 Å². The zero-order valence-corrected chi connectivity index (χ0v) is 11.1. The first kappa shape index (κ1) is 13.9. The Hall–Kier alpha value is -2.48. The lowest BCUT2D eigenvalue weighted by Crippen LogP contribution is -2.19. The third-order valence-corrected chi connectivity index (χ3v) is 2.62. The van der Waals surface area contributed by atoms with E-state index in [0.717, 1.165) is 12.1 Å². The molecular formula is C12H16N6O2. The van der Waals surface area contributed by atoms with E-state index in [2.05, 4.69) is 25.6 Å². The Morgan fingerprint density at radius 3 is 3.10 bits per heavy atom. The fourth-order valence-corrected chi connectivity index (χ4v) is 1.65. The monoisotopic (exact) mass is 276 g/mol. The molecule has 0 aliphatic carbocycles. The Labute approximate surface area is 115 Å². The molecule has 2 rings (SSSR count). The molecule has 0 saturated carbocycles. The van der Waals surface area contributed by atoms with E-state index in [1.165, 1.54) is 0 Å². The molecule has 4 N–H and O–H groups in total. The average molecular weight is 276 g/mol. The van der Waals surface area contributed by atoms with E-state index < -0.39 is 0 Å². The maximum absolute atomic E-state index is 8.61. The molecule has 20 heavy (non-hydrogen) atoms. The van der Waals surface area contributed by atoms with Crippen molar-refractivity contribution in [3.63, 3.8) is 0 Å². The summed E-state index contributed by atoms with van der Waals surface area (Å²) in [6.45, 7) is 3.13. The summed E-state index contributed by atoms with van der Waals surface area (Å²) < 4.78 is 4.89. The van der Waals surface area contributed by atoms with Gasteiger partial charge in [-0.05, 0) is 17.7 Å². The Balaban J connectivity index is 1.82. The third kappa shape index (κ3) is 3.75. The minimum absolute atomic E-state index is 0.00544. The largest absolute Gasteiger partial charge is 0.409 e. The Morgan fingerprint density at radius 1 is 1.55 bits per heavy atom. The van der Waals surface area contributed by atoms with Gasteiger partial charge in [0, 0.05) is 32.6 Å². The zero-order valence-electron chi connectivity index (χ0n) is 11.1. The molecule has 0 aliphatic heterocycles. The van der Waals surface area contributed by atoms with E-state index in [-0.39, 0.29) is 5.84 Å². The maximum Gasteiger partial charge on any atom is 0.223 e. The first-order chi connectivity index (χ1) is 9.69. The summed E-state index contributed by atoms with van der Waals surface area (Å²) in [7, 11) is 0. The molecule has 2 aromatic heterocycles. The molecule has 106 valence electrons. The van der Waals surface area contributed by atoms with Crippen LogP contribution in [0.15, 0.2) is 28.0 Å². The number of hydrogen-bond donors (Lipinski definition) is 3. The second-order valence-electron chi connectivity index (χ2n) is 4.19. The van der Waals surface area contributed by atoms with Gasteiger partial charge in [-0.25, -0.2) is 0 Å². The summed E-state index contributed by atoms with van der Waals surface area (Å²) in [6, 6.07) is 3.63. The number of aromatic nitrogens is 3. The quantitative estimate of drug-likeness (QED) is 0.226. The van der Waals surface area contributed by atoms with Crippen molar-refractivity contribution in [2.75, 3.05) is 6.54 Å². The number of amidine groups is 1. The number of oxime groups is 1. The van der Waals surface area contributed by atoms with Gasteiger partial charge < -0.3 is 20.8 Å². The highest BCUT2D eigenvalue weighted by molar-refractivity contribution is 5.95. The Bertz CT molecular complexity index is 595. The summed E-state index contributed by atoms with van der Waals surface area (Å²) in [5, 5.41) is 18.6. The average Bonchev–Trinajstić information content (AvgIpc) is 2.88. The summed E-state index contributed by atoms with van der Waals surface area (Å²) in [4.78, 5) is 8.13. The number of rotatable bonds is 6. The van der Waals surface area contributed by atoms with E-state index in [9.17, 15) is 0 Å². The molecule has 0 bridgehead atoms. The van der Waals surface area contributed by atoms with Crippen LogP contribution in [-0.2, 0) is 13.0 Å². The Kier molecular flexibility index (Phi) is 4.61. The van der Waals surface area contributed by atoms with Gasteiger partial charge in [0.05, 0.1) is 0 Å². The van der Waals surface area contributed by atoms with Gasteiger partial charge in [0.15, 0.2) is 11.7 Å². The van der Waals surface area contributed by atoms with Crippen LogP contribution in [0.1, 0.15) is 23.0 Å². The van der Waals surface area contributed by atoms with Crippen LogP contribution in [0.25, 0.3) is 0 Å². The van der Waals surface area contributed by atoms with Gasteiger partial charge in [-0.3, -0.25) is 4.98 Å². The van der Waals surface area contributed by atoms with E-state index in [1.54, 1.807) is 19.2 Å². The minimum Gasteiger partial charge on any atom is -0.409 e. The van der Waals surface area contributed by atoms with Crippen molar-refractivity contribution in [3.8, 4) is 0 Å². The smallest absolute Gasteiger partial charge is 0.223 e. The van der Waals surface area contributed by atoms with Crippen LogP contribution in [0.3, 0.4) is 0 Å². The molecular weight excluding hydrogens is 260 g/mol. The number of pyridine rings is 1. The van der Waals surface area contributed by atoms with Crippen LogP contribution in [-0.4, -0.2) is 32.7 Å². The van der Waals surface area contributed by atoms with E-state index >= 15 is 0 Å². The topological polar surface area (TPSA) is 122 Å². The van der Waals surface area contributed by atoms with Gasteiger partial charge >= 0.3 is 0 Å². The molecule has 0 aliphatic rings. The highest BCUT2D eigenvalue weighted by atomic mass is 16.5. The molecule has 2 aromatic rings. The first-order valence-electron chi connectivity index (χ1n) is 6.12. The molecule has 2 heterocycles. The van der Waals surface area contributed by atoms with Crippen LogP contribution < -0.4 is 11.1 Å². The summed E-state index contributed by atoms with van der Waals surface area (Å²) in [5.41, 5.74) is 6.92. The van der Waals surface area contributed by atoms with Crippen molar-refractivity contribution in [2.24, 2.45) is 10.9 Å². The zero-order chi connectivity index (χ0) is 14.4. The third-order valence-electron chi connectivity index (χ3n) is 2.62. The fraction of sp³-hybridized carbons (Fsp3) is 0.333. The van der Waals surface area contributed by atoms with E-state index in [0.29, 0.717) is 30.4 Å². The van der Waals surface area contributed by atoms with E-state index in [1.807, 2.05) is 6.07 Å². The van der Waals surface area contributed by atoms with Crippen LogP contribution in [0.2, 0.25) is 0 Å². The van der Waals surface area contributed by atoms with Crippen molar-refractivity contribution in [2.45, 2.75) is 19.9 Å². The van der Waals surface area contributed by atoms with Gasteiger partial charge in [-0.2, -0.15) is 4.98 Å². The van der Waals surface area contributed by atoms with Gasteiger partial charge in [0.2, 0.25) is 5.89 Å². The molecule has 0 amide bonds. The summed E-state index contributed by atoms with van der Waals surface area (Å²) in [6.07, 6.45) is 2.31. The normalized spacial score (nSPS) is 11.8. The van der Waals surface area contributed by atoms with Crippen molar-refractivity contribution in [3.05, 3.63) is 41.3 Å². The number of nitrogens with two attached hydrogens (primary N) is 1. The molecule has 0 radical (unpaired) electrons. The maximum atomic E-state index is 8.61. The van der Waals surface area contributed by atoms with E-state index in [4.69, 9.17) is 15.5 Å². The second kappa shape index (κ2) is 6.62. The molecule has 8 heteroatoms. The van der Waals surface area contributed by atoms with Gasteiger partial charge in [-0.1, -0.05) is 10.3 Å². The lowest BCUT2D eigenvalue weighted by molar-refractivity contribution is 0.318. The number of nitrogens with one attached hydrogen (secondary N) is 1. The van der Waals surface area contributed by atoms with Crippen LogP contribution in [0.4, 0.5) is 0 Å². The lowest BCUT2D eigenvalue weighted by atomic mass is 10.2. The van der Waals surface area contributed by atoms with Crippen molar-refractivity contribution < 1.29 is 9.73 Å². The molecule has 0 fully saturated rings. The van der Waals surface area contributed by atoms with Crippen LogP contribution in [0.5, 0.6) is 0 Å². The molecule has 0 saturated heterocycles. The summed E-state index contributed by atoms with van der Waals surface area (Å²) in [5.74, 6) is 1.24. The number of nitrogens with zero attached hydrogens (tertiary/aromatic N) is 4. The van der Waals surface area contributed by atoms with Crippen molar-refractivity contribution >= 4 is 5.84 Å². The fourth-order valence-electron chi connectivity index (χ4n) is 1.65. The predicted octanol–water partition coefficient (Wildman–Crippen LogP) is 0.200. The first-order valence-corrected chi connectivity index (χ1v) is 6.12. The molecule has 0 aromatic carbocycles. The molecule has 0 spiro atoms. The highest BCUT2D eigenvalue weighted by Gasteiger charge is 2.03. The SMILES string of the molecule is Cc1nc(CCNCc2ccnc(/C(N)=N/O)c2)no1. The number of hydrogen-bond acceptors (Lipinski definition) is 7. The minimum atomic E-state index is -0.00544. The molecule has 0 unspecified atom stereocenters. The van der Waals surface area contributed by atoms with Crippen molar-refractivity contribution in [1.29, 1.82) is 0 Å². The molecule has 0 atom stereocenters. The van der Waals surface area contributed by atoms with Crippen LogP contribution in [0, 0.1) is 6.92 Å². The lowest BCUT2D eigenvalue weighted by Gasteiger charge is -2.05. The second-order valence-corrected chi connectivity index (χ2v) is 4.19. The van der Waals surface area contributed by atoms with Crippen LogP contribution >= 0.6 is 0 Å².